The summed E-state index contributed by atoms with van der Waals surface area (Å²) < 4.78 is 18.5. The van der Waals surface area contributed by atoms with Crippen molar-refractivity contribution in [1.29, 1.82) is 0 Å². The number of methoxy groups -OCH3 is 1. The summed E-state index contributed by atoms with van der Waals surface area (Å²) in [6.45, 7) is 3.92. The maximum atomic E-state index is 13.1. The average Bonchev–Trinajstić information content (AvgIpc) is 2.41. The van der Waals surface area contributed by atoms with Crippen LogP contribution in [0.1, 0.15) is 28.3 Å². The monoisotopic (exact) mass is 273 g/mol. The van der Waals surface area contributed by atoms with Crippen LogP contribution in [0.5, 0.6) is 5.75 Å². The molecule has 2 rings (SSSR count). The van der Waals surface area contributed by atoms with E-state index in [1.165, 1.54) is 12.1 Å². The van der Waals surface area contributed by atoms with E-state index in [-0.39, 0.29) is 11.9 Å². The van der Waals surface area contributed by atoms with E-state index in [0.29, 0.717) is 6.42 Å². The van der Waals surface area contributed by atoms with Crippen molar-refractivity contribution in [3.05, 3.63) is 64.5 Å². The standard InChI is InChI=1S/C17H20FNO/c1-11-4-7-15(17(8-11)20-3)16(19)10-13-5-6-14(18)9-12(13)2/h4-9,16H,10,19H2,1-3H3. The highest BCUT2D eigenvalue weighted by Crippen LogP contribution is 2.28. The smallest absolute Gasteiger partial charge is 0.123 e. The Morgan fingerprint density at radius 2 is 1.90 bits per heavy atom. The van der Waals surface area contributed by atoms with Crippen LogP contribution in [-0.2, 0) is 6.42 Å². The molecule has 0 heterocycles. The second-order valence-electron chi connectivity index (χ2n) is 5.13. The maximum absolute atomic E-state index is 13.1. The quantitative estimate of drug-likeness (QED) is 0.922. The van der Waals surface area contributed by atoms with E-state index < -0.39 is 0 Å². The summed E-state index contributed by atoms with van der Waals surface area (Å²) in [5.41, 5.74) is 10.4. The van der Waals surface area contributed by atoms with Crippen LogP contribution in [-0.4, -0.2) is 7.11 Å². The molecule has 1 unspecified atom stereocenters. The minimum absolute atomic E-state index is 0.172. The summed E-state index contributed by atoms with van der Waals surface area (Å²) in [5, 5.41) is 0. The first kappa shape index (κ1) is 14.5. The van der Waals surface area contributed by atoms with Crippen molar-refractivity contribution < 1.29 is 9.13 Å². The number of ether oxygens (including phenoxy) is 1. The van der Waals surface area contributed by atoms with Crippen molar-refractivity contribution in [2.45, 2.75) is 26.3 Å². The van der Waals surface area contributed by atoms with Gasteiger partial charge in [-0.25, -0.2) is 4.39 Å². The van der Waals surface area contributed by atoms with Crippen molar-refractivity contribution in [3.8, 4) is 5.75 Å². The second kappa shape index (κ2) is 6.06. The minimum atomic E-state index is -0.215. The van der Waals surface area contributed by atoms with Gasteiger partial charge in [0.05, 0.1) is 7.11 Å². The molecular weight excluding hydrogens is 253 g/mol. The number of hydrogen-bond donors (Lipinski definition) is 1. The molecule has 0 aliphatic rings. The molecule has 106 valence electrons. The molecule has 0 saturated heterocycles. The van der Waals surface area contributed by atoms with Crippen molar-refractivity contribution in [2.24, 2.45) is 5.73 Å². The third-order valence-electron chi connectivity index (χ3n) is 3.53. The number of aryl methyl sites for hydroxylation is 2. The molecule has 20 heavy (non-hydrogen) atoms. The van der Waals surface area contributed by atoms with Crippen molar-refractivity contribution >= 4 is 0 Å². The van der Waals surface area contributed by atoms with Crippen LogP contribution in [0.3, 0.4) is 0 Å². The SMILES string of the molecule is COc1cc(C)ccc1C(N)Cc1ccc(F)cc1C. The van der Waals surface area contributed by atoms with Gasteiger partial charge in [-0.05, 0) is 55.2 Å². The van der Waals surface area contributed by atoms with Crippen LogP contribution < -0.4 is 10.5 Å². The van der Waals surface area contributed by atoms with Gasteiger partial charge in [-0.2, -0.15) is 0 Å². The Kier molecular flexibility index (Phi) is 4.40. The van der Waals surface area contributed by atoms with Gasteiger partial charge in [0.2, 0.25) is 0 Å². The molecule has 0 bridgehead atoms. The zero-order valence-electron chi connectivity index (χ0n) is 12.1. The number of rotatable bonds is 4. The second-order valence-corrected chi connectivity index (χ2v) is 5.13. The Hall–Kier alpha value is -1.87. The van der Waals surface area contributed by atoms with Gasteiger partial charge < -0.3 is 10.5 Å². The first-order valence-corrected chi connectivity index (χ1v) is 6.66. The fourth-order valence-corrected chi connectivity index (χ4v) is 2.36. The number of hydrogen-bond acceptors (Lipinski definition) is 2. The molecule has 1 atom stereocenters. The van der Waals surface area contributed by atoms with Crippen LogP contribution in [0, 0.1) is 19.7 Å². The molecule has 0 saturated carbocycles. The Morgan fingerprint density at radius 3 is 2.55 bits per heavy atom. The fraction of sp³-hybridized carbons (Fsp3) is 0.294. The Labute approximate surface area is 119 Å². The van der Waals surface area contributed by atoms with Gasteiger partial charge in [-0.3, -0.25) is 0 Å². The summed E-state index contributed by atoms with van der Waals surface area (Å²) >= 11 is 0. The fourth-order valence-electron chi connectivity index (χ4n) is 2.36. The molecule has 0 amide bonds. The van der Waals surface area contributed by atoms with E-state index >= 15 is 0 Å². The zero-order chi connectivity index (χ0) is 14.7. The van der Waals surface area contributed by atoms with Crippen molar-refractivity contribution in [3.63, 3.8) is 0 Å². The highest BCUT2D eigenvalue weighted by Gasteiger charge is 2.14. The van der Waals surface area contributed by atoms with Crippen LogP contribution in [0.25, 0.3) is 0 Å². The summed E-state index contributed by atoms with van der Waals surface area (Å²) in [7, 11) is 1.65. The van der Waals surface area contributed by atoms with Gasteiger partial charge in [0.25, 0.3) is 0 Å². The molecule has 0 radical (unpaired) electrons. The van der Waals surface area contributed by atoms with Gasteiger partial charge in [0.1, 0.15) is 11.6 Å². The highest BCUT2D eigenvalue weighted by atomic mass is 19.1. The molecule has 2 aromatic rings. The molecule has 0 aliphatic carbocycles. The lowest BCUT2D eigenvalue weighted by atomic mass is 9.95. The Balaban J connectivity index is 2.25. The van der Waals surface area contributed by atoms with Gasteiger partial charge in [-0.1, -0.05) is 18.2 Å². The lowest BCUT2D eigenvalue weighted by Gasteiger charge is -2.17. The van der Waals surface area contributed by atoms with Crippen LogP contribution in [0.15, 0.2) is 36.4 Å². The third-order valence-corrected chi connectivity index (χ3v) is 3.53. The molecule has 0 aliphatic heterocycles. The van der Waals surface area contributed by atoms with Gasteiger partial charge in [-0.15, -0.1) is 0 Å². The number of nitrogens with two attached hydrogens (primary N) is 1. The van der Waals surface area contributed by atoms with Crippen LogP contribution in [0.2, 0.25) is 0 Å². The molecule has 3 heteroatoms. The topological polar surface area (TPSA) is 35.2 Å². The molecule has 0 spiro atoms. The van der Waals surface area contributed by atoms with Crippen LogP contribution >= 0.6 is 0 Å². The van der Waals surface area contributed by atoms with Crippen LogP contribution in [0.4, 0.5) is 4.39 Å². The Morgan fingerprint density at radius 1 is 1.15 bits per heavy atom. The minimum Gasteiger partial charge on any atom is -0.496 e. The molecule has 2 N–H and O–H groups in total. The lowest BCUT2D eigenvalue weighted by molar-refractivity contribution is 0.405. The first-order valence-electron chi connectivity index (χ1n) is 6.66. The Bertz CT molecular complexity index is 610. The lowest BCUT2D eigenvalue weighted by Crippen LogP contribution is -2.15. The molecule has 0 aromatic heterocycles. The summed E-state index contributed by atoms with van der Waals surface area (Å²) in [5.74, 6) is 0.588. The van der Waals surface area contributed by atoms with Gasteiger partial charge in [0.15, 0.2) is 0 Å². The van der Waals surface area contributed by atoms with E-state index in [0.717, 1.165) is 28.0 Å². The third kappa shape index (κ3) is 3.17. The maximum Gasteiger partial charge on any atom is 0.123 e. The van der Waals surface area contributed by atoms with Gasteiger partial charge >= 0.3 is 0 Å². The summed E-state index contributed by atoms with van der Waals surface area (Å²) in [4.78, 5) is 0. The normalized spacial score (nSPS) is 12.2. The van der Waals surface area contributed by atoms with Crippen molar-refractivity contribution in [2.75, 3.05) is 7.11 Å². The van der Waals surface area contributed by atoms with Crippen molar-refractivity contribution in [1.82, 2.24) is 0 Å². The largest absolute Gasteiger partial charge is 0.496 e. The average molecular weight is 273 g/mol. The summed E-state index contributed by atoms with van der Waals surface area (Å²) in [6.07, 6.45) is 0.658. The zero-order valence-corrected chi connectivity index (χ0v) is 12.1. The molecule has 0 fully saturated rings. The predicted octanol–water partition coefficient (Wildman–Crippen LogP) is 3.69. The molecule has 2 aromatic carbocycles. The van der Waals surface area contributed by atoms with Gasteiger partial charge in [0, 0.05) is 11.6 Å². The predicted molar refractivity (Wildman–Crippen MR) is 79.5 cm³/mol. The van der Waals surface area contributed by atoms with E-state index in [1.54, 1.807) is 13.2 Å². The highest BCUT2D eigenvalue weighted by molar-refractivity contribution is 5.40. The molecule has 2 nitrogen and oxygen atoms in total. The van der Waals surface area contributed by atoms with E-state index in [9.17, 15) is 4.39 Å². The molecular formula is C17H20FNO. The van der Waals surface area contributed by atoms with E-state index in [1.807, 2.05) is 32.0 Å². The number of benzene rings is 2. The number of halogens is 1. The first-order chi connectivity index (χ1) is 9.51. The summed E-state index contributed by atoms with van der Waals surface area (Å²) in [6, 6.07) is 10.6. The van der Waals surface area contributed by atoms with E-state index in [4.69, 9.17) is 10.5 Å². The van der Waals surface area contributed by atoms with E-state index in [2.05, 4.69) is 0 Å².